The van der Waals surface area contributed by atoms with E-state index in [2.05, 4.69) is 6.58 Å². The molecule has 1 aromatic carbocycles. The van der Waals surface area contributed by atoms with Crippen molar-refractivity contribution in [1.29, 1.82) is 0 Å². The minimum Gasteiger partial charge on any atom is -0.477 e. The maximum Gasteiger partial charge on any atom is 0.341 e. The molecule has 1 fully saturated rings. The van der Waals surface area contributed by atoms with E-state index < -0.39 is 23.2 Å². The van der Waals surface area contributed by atoms with Gasteiger partial charge in [0.25, 0.3) is 0 Å². The second-order valence-corrected chi connectivity index (χ2v) is 5.01. The molecule has 0 aromatic heterocycles. The van der Waals surface area contributed by atoms with Crippen molar-refractivity contribution in [3.05, 3.63) is 47.5 Å². The molecule has 0 saturated heterocycles. The Bertz CT molecular complexity index is 480. The summed E-state index contributed by atoms with van der Waals surface area (Å²) >= 11 is 0. The highest BCUT2D eigenvalue weighted by Gasteiger charge is 2.24. The van der Waals surface area contributed by atoms with E-state index in [0.29, 0.717) is 11.5 Å². The van der Waals surface area contributed by atoms with Crippen LogP contribution in [0.2, 0.25) is 0 Å². The third-order valence-electron chi connectivity index (χ3n) is 3.85. The quantitative estimate of drug-likeness (QED) is 0.835. The van der Waals surface area contributed by atoms with Crippen LogP contribution in [0.5, 0.6) is 0 Å². The molecule has 0 amide bonds. The van der Waals surface area contributed by atoms with Crippen molar-refractivity contribution in [2.24, 2.45) is 5.92 Å². The van der Waals surface area contributed by atoms with Crippen LogP contribution < -0.4 is 0 Å². The van der Waals surface area contributed by atoms with E-state index in [0.717, 1.165) is 37.8 Å². The Balaban J connectivity index is 2.23. The summed E-state index contributed by atoms with van der Waals surface area (Å²) in [5.74, 6) is -2.98. The lowest BCUT2D eigenvalue weighted by molar-refractivity contribution is 0.0686. The van der Waals surface area contributed by atoms with Gasteiger partial charge in [0.15, 0.2) is 0 Å². The highest BCUT2D eigenvalue weighted by molar-refractivity contribution is 5.88. The summed E-state index contributed by atoms with van der Waals surface area (Å²) in [6.45, 7) is 3.76. The van der Waals surface area contributed by atoms with E-state index in [1.54, 1.807) is 0 Å². The molecule has 4 heteroatoms. The lowest BCUT2D eigenvalue weighted by atomic mass is 9.78. The predicted molar refractivity (Wildman–Crippen MR) is 68.2 cm³/mol. The van der Waals surface area contributed by atoms with Crippen molar-refractivity contribution < 1.29 is 18.7 Å². The Morgan fingerprint density at radius 1 is 1.21 bits per heavy atom. The lowest BCUT2D eigenvalue weighted by Gasteiger charge is -2.27. The van der Waals surface area contributed by atoms with Gasteiger partial charge in [-0.1, -0.05) is 6.08 Å². The maximum atomic E-state index is 13.6. The number of hydrogen-bond acceptors (Lipinski definition) is 1. The number of rotatable bonds is 3. The van der Waals surface area contributed by atoms with Gasteiger partial charge in [-0.05, 0) is 55.2 Å². The average molecular weight is 266 g/mol. The third-order valence-corrected chi connectivity index (χ3v) is 3.85. The minimum absolute atomic E-state index is 0.100. The number of benzene rings is 1. The molecule has 0 radical (unpaired) electrons. The molecule has 0 unspecified atom stereocenters. The molecule has 1 aliphatic rings. The Hall–Kier alpha value is -1.71. The molecule has 0 bridgehead atoms. The SMILES string of the molecule is C=C[C@H]1CC[C@H](c2cc(F)c(C(=O)O)c(F)c2)CC1. The van der Waals surface area contributed by atoms with Crippen molar-refractivity contribution in [2.45, 2.75) is 31.6 Å². The molecule has 102 valence electrons. The van der Waals surface area contributed by atoms with Crippen LogP contribution >= 0.6 is 0 Å². The molecule has 2 nitrogen and oxygen atoms in total. The zero-order valence-electron chi connectivity index (χ0n) is 10.5. The van der Waals surface area contributed by atoms with Crippen molar-refractivity contribution in [2.75, 3.05) is 0 Å². The number of allylic oxidation sites excluding steroid dienone is 1. The highest BCUT2D eigenvalue weighted by atomic mass is 19.1. The fraction of sp³-hybridized carbons (Fsp3) is 0.400. The van der Waals surface area contributed by atoms with E-state index in [1.165, 1.54) is 0 Å². The van der Waals surface area contributed by atoms with Gasteiger partial charge in [-0.3, -0.25) is 0 Å². The van der Waals surface area contributed by atoms with Gasteiger partial charge in [0.2, 0.25) is 0 Å². The zero-order chi connectivity index (χ0) is 14.0. The topological polar surface area (TPSA) is 37.3 Å². The van der Waals surface area contributed by atoms with E-state index in [9.17, 15) is 13.6 Å². The Kier molecular flexibility index (Phi) is 3.98. The second kappa shape index (κ2) is 5.51. The van der Waals surface area contributed by atoms with E-state index >= 15 is 0 Å². The summed E-state index contributed by atoms with van der Waals surface area (Å²) in [6.07, 6.45) is 5.53. The third kappa shape index (κ3) is 2.83. The number of aromatic carboxylic acids is 1. The van der Waals surface area contributed by atoms with Crippen molar-refractivity contribution in [3.8, 4) is 0 Å². The summed E-state index contributed by atoms with van der Waals surface area (Å²) in [4.78, 5) is 10.7. The van der Waals surface area contributed by atoms with Crippen LogP contribution in [0.15, 0.2) is 24.8 Å². The van der Waals surface area contributed by atoms with Gasteiger partial charge >= 0.3 is 5.97 Å². The minimum atomic E-state index is -1.57. The highest BCUT2D eigenvalue weighted by Crippen LogP contribution is 2.37. The number of carboxylic acid groups (broad SMARTS) is 1. The van der Waals surface area contributed by atoms with E-state index in [-0.39, 0.29) is 5.92 Å². The first kappa shape index (κ1) is 13.7. The first-order valence-corrected chi connectivity index (χ1v) is 6.37. The molecule has 0 aliphatic heterocycles. The normalized spacial score (nSPS) is 23.1. The fourth-order valence-corrected chi connectivity index (χ4v) is 2.72. The monoisotopic (exact) mass is 266 g/mol. The van der Waals surface area contributed by atoms with Gasteiger partial charge in [-0.2, -0.15) is 0 Å². The summed E-state index contributed by atoms with van der Waals surface area (Å²) in [5, 5.41) is 8.72. The predicted octanol–water partition coefficient (Wildman–Crippen LogP) is 4.12. The first-order valence-electron chi connectivity index (χ1n) is 6.37. The largest absolute Gasteiger partial charge is 0.477 e. The zero-order valence-corrected chi connectivity index (χ0v) is 10.5. The summed E-state index contributed by atoms with van der Waals surface area (Å²) in [5.41, 5.74) is -0.314. The molecule has 2 rings (SSSR count). The molecular weight excluding hydrogens is 250 g/mol. The van der Waals surface area contributed by atoms with Crippen LogP contribution in [0, 0.1) is 17.6 Å². The number of carboxylic acids is 1. The van der Waals surface area contributed by atoms with Gasteiger partial charge in [0, 0.05) is 0 Å². The van der Waals surface area contributed by atoms with Gasteiger partial charge < -0.3 is 5.11 Å². The molecule has 1 N–H and O–H groups in total. The van der Waals surface area contributed by atoms with Crippen LogP contribution in [0.4, 0.5) is 8.78 Å². The van der Waals surface area contributed by atoms with Crippen LogP contribution in [0.25, 0.3) is 0 Å². The van der Waals surface area contributed by atoms with Crippen molar-refractivity contribution in [3.63, 3.8) is 0 Å². The van der Waals surface area contributed by atoms with Crippen molar-refractivity contribution in [1.82, 2.24) is 0 Å². The van der Waals surface area contributed by atoms with Gasteiger partial charge in [-0.15, -0.1) is 6.58 Å². The summed E-state index contributed by atoms with van der Waals surface area (Å²) < 4.78 is 27.2. The molecule has 0 atom stereocenters. The average Bonchev–Trinajstić information content (AvgIpc) is 2.37. The van der Waals surface area contributed by atoms with Crippen LogP contribution in [0.1, 0.15) is 47.5 Å². The molecule has 1 aromatic rings. The smallest absolute Gasteiger partial charge is 0.341 e. The van der Waals surface area contributed by atoms with Gasteiger partial charge in [0.05, 0.1) is 0 Å². The van der Waals surface area contributed by atoms with Crippen LogP contribution in [-0.2, 0) is 0 Å². The lowest BCUT2D eigenvalue weighted by Crippen LogP contribution is -2.13. The summed E-state index contributed by atoms with van der Waals surface area (Å²) in [7, 11) is 0. The fourth-order valence-electron chi connectivity index (χ4n) is 2.72. The summed E-state index contributed by atoms with van der Waals surface area (Å²) in [6, 6.07) is 2.32. The molecule has 0 heterocycles. The molecule has 19 heavy (non-hydrogen) atoms. The van der Waals surface area contributed by atoms with E-state index in [4.69, 9.17) is 5.11 Å². The van der Waals surface area contributed by atoms with Gasteiger partial charge in [0.1, 0.15) is 17.2 Å². The van der Waals surface area contributed by atoms with E-state index in [1.807, 2.05) is 6.08 Å². The van der Waals surface area contributed by atoms with Crippen LogP contribution in [0.3, 0.4) is 0 Å². The molecule has 0 spiro atoms. The number of carbonyl (C=O) groups is 1. The van der Waals surface area contributed by atoms with Crippen LogP contribution in [-0.4, -0.2) is 11.1 Å². The molecule has 1 saturated carbocycles. The molecule has 1 aliphatic carbocycles. The number of halogens is 2. The first-order chi connectivity index (χ1) is 9.02. The Morgan fingerprint density at radius 2 is 1.74 bits per heavy atom. The maximum absolute atomic E-state index is 13.6. The van der Waals surface area contributed by atoms with Crippen molar-refractivity contribution >= 4 is 5.97 Å². The Morgan fingerprint density at radius 3 is 2.16 bits per heavy atom. The Labute approximate surface area is 110 Å². The second-order valence-electron chi connectivity index (χ2n) is 5.01. The number of hydrogen-bond donors (Lipinski definition) is 1. The standard InChI is InChI=1S/C15H16F2O2/c1-2-9-3-5-10(6-4-9)11-7-12(16)14(15(18)19)13(17)8-11/h2,7-10H,1,3-6H2,(H,18,19)/t9-,10-. The molecular formula is C15H16F2O2. The van der Waals surface area contributed by atoms with Gasteiger partial charge in [-0.25, -0.2) is 13.6 Å².